The molecule has 0 unspecified atom stereocenters. The summed E-state index contributed by atoms with van der Waals surface area (Å²) in [5.74, 6) is 1.09. The molecule has 7 nitrogen and oxygen atoms in total. The van der Waals surface area contributed by atoms with E-state index >= 15 is 0 Å². The molecule has 0 saturated heterocycles. The van der Waals surface area contributed by atoms with Crippen molar-refractivity contribution in [3.8, 4) is 21.9 Å². The second-order valence-electron chi connectivity index (χ2n) is 8.36. The zero-order valence-electron chi connectivity index (χ0n) is 18.0. The van der Waals surface area contributed by atoms with Gasteiger partial charge < -0.3 is 14.8 Å². The number of carbonyl (C=O) groups excluding carboxylic acids is 1. The lowest BCUT2D eigenvalue weighted by molar-refractivity contribution is 0.103. The highest BCUT2D eigenvalue weighted by Gasteiger charge is 2.22. The summed E-state index contributed by atoms with van der Waals surface area (Å²) in [6, 6.07) is 15.5. The van der Waals surface area contributed by atoms with Crippen LogP contribution in [0.2, 0.25) is 0 Å². The Morgan fingerprint density at radius 2 is 1.72 bits per heavy atom. The van der Waals surface area contributed by atoms with Gasteiger partial charge in [-0.15, -0.1) is 11.3 Å². The first-order valence-corrected chi connectivity index (χ1v) is 12.4. The second kappa shape index (κ2) is 8.57. The van der Waals surface area contributed by atoms with E-state index in [0.29, 0.717) is 35.3 Å². The first-order valence-electron chi connectivity index (χ1n) is 10.1. The molecule has 1 aromatic heterocycles. The van der Waals surface area contributed by atoms with E-state index in [9.17, 15) is 13.2 Å². The van der Waals surface area contributed by atoms with Gasteiger partial charge in [-0.3, -0.25) is 4.79 Å². The SMILES string of the molecule is CC(C)(C)NS(=O)(=O)c1cccc(NC(=O)c2ccc(-c3ccc4c(c3)OCCO4)s2)c1. The van der Waals surface area contributed by atoms with Gasteiger partial charge in [0.05, 0.1) is 9.77 Å². The minimum Gasteiger partial charge on any atom is -0.486 e. The predicted molar refractivity (Wildman–Crippen MR) is 125 cm³/mol. The first kappa shape index (κ1) is 22.3. The molecule has 3 aromatic rings. The van der Waals surface area contributed by atoms with Crippen LogP contribution in [0.4, 0.5) is 5.69 Å². The number of amides is 1. The van der Waals surface area contributed by atoms with Crippen molar-refractivity contribution in [1.82, 2.24) is 4.72 Å². The number of sulfonamides is 1. The topological polar surface area (TPSA) is 93.7 Å². The third-order valence-corrected chi connectivity index (χ3v) is 7.39. The Labute approximate surface area is 191 Å². The third-order valence-electron chi connectivity index (χ3n) is 4.50. The lowest BCUT2D eigenvalue weighted by atomic mass is 10.1. The standard InChI is InChI=1S/C23H24N2O5S2/c1-23(2,3)25-32(27,28)17-6-4-5-16(14-17)24-22(26)21-10-9-20(31-21)15-7-8-18-19(13-15)30-12-11-29-18/h4-10,13-14,25H,11-12H2,1-3H3,(H,24,26). The normalized spacial score (nSPS) is 13.6. The van der Waals surface area contributed by atoms with Crippen molar-refractivity contribution < 1.29 is 22.7 Å². The summed E-state index contributed by atoms with van der Waals surface area (Å²) < 4.78 is 38.9. The minimum atomic E-state index is -3.70. The summed E-state index contributed by atoms with van der Waals surface area (Å²) in [6.07, 6.45) is 0. The van der Waals surface area contributed by atoms with Crippen LogP contribution >= 0.6 is 11.3 Å². The van der Waals surface area contributed by atoms with Crippen LogP contribution in [0.5, 0.6) is 11.5 Å². The summed E-state index contributed by atoms with van der Waals surface area (Å²) in [4.78, 5) is 14.3. The van der Waals surface area contributed by atoms with E-state index in [4.69, 9.17) is 9.47 Å². The number of thiophene rings is 1. The number of hydrogen-bond acceptors (Lipinski definition) is 6. The molecule has 2 aromatic carbocycles. The Hall–Kier alpha value is -2.88. The number of nitrogens with one attached hydrogen (secondary N) is 2. The quantitative estimate of drug-likeness (QED) is 0.570. The number of ether oxygens (including phenoxy) is 2. The fourth-order valence-electron chi connectivity index (χ4n) is 3.21. The van der Waals surface area contributed by atoms with Gasteiger partial charge in [-0.25, -0.2) is 13.1 Å². The van der Waals surface area contributed by atoms with Gasteiger partial charge in [0.15, 0.2) is 11.5 Å². The van der Waals surface area contributed by atoms with E-state index < -0.39 is 15.6 Å². The summed E-state index contributed by atoms with van der Waals surface area (Å²) in [5, 5.41) is 2.78. The molecule has 0 aliphatic carbocycles. The molecule has 2 heterocycles. The molecule has 4 rings (SSSR count). The first-order chi connectivity index (χ1) is 15.1. The Bertz CT molecular complexity index is 1260. The maximum Gasteiger partial charge on any atom is 0.265 e. The molecule has 168 valence electrons. The van der Waals surface area contributed by atoms with Crippen molar-refractivity contribution in [1.29, 1.82) is 0 Å². The van der Waals surface area contributed by atoms with Gasteiger partial charge in [0.25, 0.3) is 5.91 Å². The van der Waals surface area contributed by atoms with E-state index in [2.05, 4.69) is 10.0 Å². The third kappa shape index (κ3) is 5.12. The average Bonchev–Trinajstić information content (AvgIpc) is 3.22. The Kier molecular flexibility index (Phi) is 5.98. The van der Waals surface area contributed by atoms with Crippen LogP contribution in [0.3, 0.4) is 0 Å². The van der Waals surface area contributed by atoms with Crippen LogP contribution in [0.15, 0.2) is 59.5 Å². The van der Waals surface area contributed by atoms with Crippen LogP contribution in [0, 0.1) is 0 Å². The van der Waals surface area contributed by atoms with Crippen molar-refractivity contribution >= 4 is 33.0 Å². The van der Waals surface area contributed by atoms with Crippen LogP contribution in [0.1, 0.15) is 30.4 Å². The van der Waals surface area contributed by atoms with E-state index in [1.165, 1.54) is 23.5 Å². The fraction of sp³-hybridized carbons (Fsp3) is 0.261. The maximum atomic E-state index is 12.8. The highest BCUT2D eigenvalue weighted by molar-refractivity contribution is 7.89. The second-order valence-corrected chi connectivity index (χ2v) is 11.1. The molecule has 0 bridgehead atoms. The molecule has 0 spiro atoms. The molecule has 0 radical (unpaired) electrons. The molecule has 0 saturated carbocycles. The van der Waals surface area contributed by atoms with Gasteiger partial charge in [0.2, 0.25) is 10.0 Å². The van der Waals surface area contributed by atoms with Crippen LogP contribution < -0.4 is 19.5 Å². The summed E-state index contributed by atoms with van der Waals surface area (Å²) in [6.45, 7) is 6.35. The number of anilines is 1. The number of benzene rings is 2. The molecule has 1 amide bonds. The average molecular weight is 473 g/mol. The largest absolute Gasteiger partial charge is 0.486 e. The van der Waals surface area contributed by atoms with Gasteiger partial charge in [-0.05, 0) is 74.9 Å². The van der Waals surface area contributed by atoms with Gasteiger partial charge in [-0.1, -0.05) is 6.07 Å². The van der Waals surface area contributed by atoms with Crippen LogP contribution in [-0.4, -0.2) is 33.1 Å². The number of carbonyl (C=O) groups is 1. The van der Waals surface area contributed by atoms with Crippen molar-refractivity contribution in [3.05, 3.63) is 59.5 Å². The van der Waals surface area contributed by atoms with E-state index in [0.717, 1.165) is 10.4 Å². The molecule has 1 aliphatic heterocycles. The van der Waals surface area contributed by atoms with Gasteiger partial charge in [0.1, 0.15) is 13.2 Å². The molecular weight excluding hydrogens is 448 g/mol. The van der Waals surface area contributed by atoms with E-state index in [1.807, 2.05) is 24.3 Å². The fourth-order valence-corrected chi connectivity index (χ4v) is 5.57. The molecule has 0 fully saturated rings. The molecule has 1 aliphatic rings. The molecular formula is C23H24N2O5S2. The number of rotatable bonds is 5. The van der Waals surface area contributed by atoms with Gasteiger partial charge in [-0.2, -0.15) is 0 Å². The lowest BCUT2D eigenvalue weighted by Crippen LogP contribution is -2.40. The minimum absolute atomic E-state index is 0.0911. The summed E-state index contributed by atoms with van der Waals surface area (Å²) >= 11 is 1.34. The Morgan fingerprint density at radius 1 is 0.969 bits per heavy atom. The van der Waals surface area contributed by atoms with E-state index in [-0.39, 0.29) is 10.8 Å². The molecule has 0 atom stereocenters. The van der Waals surface area contributed by atoms with Crippen molar-refractivity contribution in [2.24, 2.45) is 0 Å². The van der Waals surface area contributed by atoms with Crippen LogP contribution in [-0.2, 0) is 10.0 Å². The van der Waals surface area contributed by atoms with E-state index in [1.54, 1.807) is 39.0 Å². The van der Waals surface area contributed by atoms with Gasteiger partial charge in [0, 0.05) is 16.1 Å². The molecule has 32 heavy (non-hydrogen) atoms. The highest BCUT2D eigenvalue weighted by atomic mass is 32.2. The zero-order chi connectivity index (χ0) is 22.9. The predicted octanol–water partition coefficient (Wildman–Crippen LogP) is 4.52. The lowest BCUT2D eigenvalue weighted by Gasteiger charge is -2.20. The molecule has 2 N–H and O–H groups in total. The number of fused-ring (bicyclic) bond motifs is 1. The smallest absolute Gasteiger partial charge is 0.265 e. The maximum absolute atomic E-state index is 12.8. The monoisotopic (exact) mass is 472 g/mol. The summed E-state index contributed by atoms with van der Waals surface area (Å²) in [7, 11) is -3.70. The molecule has 9 heteroatoms. The number of hydrogen-bond donors (Lipinski definition) is 2. The van der Waals surface area contributed by atoms with Crippen molar-refractivity contribution in [3.63, 3.8) is 0 Å². The Morgan fingerprint density at radius 3 is 2.47 bits per heavy atom. The van der Waals surface area contributed by atoms with Gasteiger partial charge >= 0.3 is 0 Å². The zero-order valence-corrected chi connectivity index (χ0v) is 19.6. The highest BCUT2D eigenvalue weighted by Crippen LogP contribution is 2.37. The van der Waals surface area contributed by atoms with Crippen molar-refractivity contribution in [2.75, 3.05) is 18.5 Å². The van der Waals surface area contributed by atoms with Crippen molar-refractivity contribution in [2.45, 2.75) is 31.2 Å². The summed E-state index contributed by atoms with van der Waals surface area (Å²) in [5.41, 5.74) is 0.722. The van der Waals surface area contributed by atoms with Crippen LogP contribution in [0.25, 0.3) is 10.4 Å². The Balaban J connectivity index is 1.50.